The minimum Gasteiger partial charge on any atom is -0.358 e. The second kappa shape index (κ2) is 13.1. The van der Waals surface area contributed by atoms with Crippen LogP contribution in [-0.4, -0.2) is 65.0 Å². The Labute approximate surface area is 233 Å². The highest BCUT2D eigenvalue weighted by Crippen LogP contribution is 2.32. The third kappa shape index (κ3) is 7.47. The topological polar surface area (TPSA) is 141 Å². The van der Waals surface area contributed by atoms with Crippen LogP contribution in [-0.2, 0) is 27.2 Å². The van der Waals surface area contributed by atoms with Crippen molar-refractivity contribution >= 4 is 23.4 Å². The highest BCUT2D eigenvalue weighted by Gasteiger charge is 2.48. The van der Waals surface area contributed by atoms with E-state index in [1.54, 1.807) is 6.07 Å². The molecule has 3 rings (SSSR count). The van der Waals surface area contributed by atoms with Crippen molar-refractivity contribution in [2.24, 2.45) is 11.1 Å². The number of carbonyl (C=O) groups excluding carboxylic acids is 3. The van der Waals surface area contributed by atoms with Gasteiger partial charge in [0.2, 0.25) is 17.7 Å². The van der Waals surface area contributed by atoms with Crippen molar-refractivity contribution in [2.75, 3.05) is 20.1 Å². The van der Waals surface area contributed by atoms with Gasteiger partial charge in [-0.05, 0) is 57.2 Å². The van der Waals surface area contributed by atoms with Gasteiger partial charge in [0.15, 0.2) is 0 Å². The Morgan fingerprint density at radius 3 is 2.48 bits per heavy atom. The van der Waals surface area contributed by atoms with Gasteiger partial charge in [0, 0.05) is 38.0 Å². The Bertz CT molecular complexity index is 1210. The Kier molecular flexibility index (Phi) is 10.1. The Hall–Kier alpha value is -3.73. The molecule has 2 aromatic rings. The number of pyridine rings is 1. The minimum atomic E-state index is -2.69. The lowest BCUT2D eigenvalue weighted by atomic mass is 9.72. The zero-order valence-electron chi connectivity index (χ0n) is 23.2. The summed E-state index contributed by atoms with van der Waals surface area (Å²) < 4.78 is 26.1. The molecule has 1 aliphatic rings. The summed E-state index contributed by atoms with van der Waals surface area (Å²) in [6.45, 7) is 3.27. The van der Waals surface area contributed by atoms with Crippen LogP contribution in [0.3, 0.4) is 0 Å². The average molecular weight is 557 g/mol. The molecule has 9 nitrogen and oxygen atoms in total. The maximum Gasteiger partial charge on any atom is 0.280 e. The van der Waals surface area contributed by atoms with Crippen molar-refractivity contribution in [1.29, 1.82) is 5.41 Å². The van der Waals surface area contributed by atoms with Gasteiger partial charge >= 0.3 is 0 Å². The van der Waals surface area contributed by atoms with E-state index in [1.807, 2.05) is 30.3 Å². The maximum absolute atomic E-state index is 13.9. The first-order chi connectivity index (χ1) is 18.9. The fourth-order valence-electron chi connectivity index (χ4n) is 4.88. The fourth-order valence-corrected chi connectivity index (χ4v) is 4.88. The van der Waals surface area contributed by atoms with Crippen LogP contribution in [0.4, 0.5) is 8.78 Å². The lowest BCUT2D eigenvalue weighted by molar-refractivity contribution is -0.141. The van der Waals surface area contributed by atoms with Crippen molar-refractivity contribution in [3.05, 3.63) is 65.5 Å². The van der Waals surface area contributed by atoms with Crippen LogP contribution in [0, 0.1) is 10.8 Å². The predicted octanol–water partition coefficient (Wildman–Crippen LogP) is 2.79. The molecular formula is C29H38F2N6O3. The number of aryl methyl sites for hydroxylation is 1. The van der Waals surface area contributed by atoms with E-state index in [0.29, 0.717) is 18.5 Å². The van der Waals surface area contributed by atoms with E-state index in [9.17, 15) is 23.2 Å². The Balaban J connectivity index is 1.83. The van der Waals surface area contributed by atoms with E-state index in [2.05, 4.69) is 15.6 Å². The van der Waals surface area contributed by atoms with Crippen LogP contribution in [0.2, 0.25) is 0 Å². The van der Waals surface area contributed by atoms with Gasteiger partial charge in [0.25, 0.3) is 6.43 Å². The number of nitrogens with two attached hydrogens (primary N) is 1. The Morgan fingerprint density at radius 1 is 1.15 bits per heavy atom. The summed E-state index contributed by atoms with van der Waals surface area (Å²) >= 11 is 0. The number of amides is 3. The molecule has 0 bridgehead atoms. The van der Waals surface area contributed by atoms with Crippen LogP contribution >= 0.6 is 0 Å². The predicted molar refractivity (Wildman–Crippen MR) is 148 cm³/mol. The van der Waals surface area contributed by atoms with Crippen molar-refractivity contribution < 1.29 is 23.2 Å². The molecule has 0 unspecified atom stereocenters. The molecule has 0 spiro atoms. The number of benzene rings is 1. The first-order valence-electron chi connectivity index (χ1n) is 13.3. The highest BCUT2D eigenvalue weighted by molar-refractivity contribution is 6.09. The standard InChI is InChI=1S/C29H38F2N6O3/c1-28(2,33)26(39)36-22(14-8-12-20-11-7-13-21(35-20)24(30)31)25(38)37-16-15-23(32)29(18-37,27(40)34-3)17-19-9-5-4-6-10-19/h4-7,9-11,13,22,24,32H,8,12,14-18,33H2,1-3H3,(H,34,40)(H,36,39)/t22-,29-/m1/s1. The Morgan fingerprint density at radius 2 is 1.85 bits per heavy atom. The molecule has 1 aliphatic heterocycles. The molecule has 11 heteroatoms. The van der Waals surface area contributed by atoms with Gasteiger partial charge < -0.3 is 26.7 Å². The molecule has 1 saturated heterocycles. The van der Waals surface area contributed by atoms with Gasteiger partial charge in [-0.2, -0.15) is 0 Å². The van der Waals surface area contributed by atoms with Gasteiger partial charge in [-0.25, -0.2) is 8.78 Å². The van der Waals surface area contributed by atoms with Crippen molar-refractivity contribution in [3.8, 4) is 0 Å². The lowest BCUT2D eigenvalue weighted by Gasteiger charge is -2.43. The number of hydrogen-bond donors (Lipinski definition) is 4. The van der Waals surface area contributed by atoms with Crippen molar-refractivity contribution in [3.63, 3.8) is 0 Å². The van der Waals surface area contributed by atoms with Crippen LogP contribution in [0.15, 0.2) is 48.5 Å². The molecule has 216 valence electrons. The molecule has 2 heterocycles. The number of nitrogens with one attached hydrogen (secondary N) is 3. The van der Waals surface area contributed by atoms with Crippen molar-refractivity contribution in [2.45, 2.75) is 64.0 Å². The fraction of sp³-hybridized carbons (Fsp3) is 0.483. The summed E-state index contributed by atoms with van der Waals surface area (Å²) in [5.74, 6) is -1.26. The number of aromatic nitrogens is 1. The second-order valence-corrected chi connectivity index (χ2v) is 10.8. The number of halogens is 2. The SMILES string of the molecule is CNC(=O)[C@]1(Cc2ccccc2)CN(C(=O)[C@@H](CCCc2cccc(C(F)F)n2)NC(=O)C(C)(C)N)CCC1=N. The zero-order chi connectivity index (χ0) is 29.5. The van der Waals surface area contributed by atoms with E-state index in [1.165, 1.54) is 37.9 Å². The number of rotatable bonds is 11. The van der Waals surface area contributed by atoms with Crippen LogP contribution < -0.4 is 16.4 Å². The smallest absolute Gasteiger partial charge is 0.280 e. The molecule has 0 saturated carbocycles. The van der Waals surface area contributed by atoms with Gasteiger partial charge in [-0.1, -0.05) is 36.4 Å². The number of likely N-dealkylation sites (tertiary alicyclic amines) is 1. The molecule has 3 amide bonds. The van der Waals surface area contributed by atoms with Crippen LogP contribution in [0.1, 0.15) is 56.5 Å². The molecule has 40 heavy (non-hydrogen) atoms. The zero-order valence-corrected chi connectivity index (χ0v) is 23.2. The molecule has 1 aromatic heterocycles. The summed E-state index contributed by atoms with van der Waals surface area (Å²) in [4.78, 5) is 45.4. The first-order valence-corrected chi connectivity index (χ1v) is 13.3. The van der Waals surface area contributed by atoms with E-state index in [4.69, 9.17) is 11.1 Å². The quantitative estimate of drug-likeness (QED) is 0.337. The van der Waals surface area contributed by atoms with Crippen molar-refractivity contribution in [1.82, 2.24) is 20.5 Å². The summed E-state index contributed by atoms with van der Waals surface area (Å²) in [7, 11) is 1.51. The monoisotopic (exact) mass is 556 g/mol. The van der Waals surface area contributed by atoms with E-state index in [0.717, 1.165) is 5.56 Å². The maximum atomic E-state index is 13.9. The number of alkyl halides is 2. The molecule has 0 aliphatic carbocycles. The minimum absolute atomic E-state index is 0.0182. The number of hydrogen-bond acceptors (Lipinski definition) is 6. The van der Waals surface area contributed by atoms with Crippen LogP contribution in [0.5, 0.6) is 0 Å². The normalized spacial score (nSPS) is 18.4. The van der Waals surface area contributed by atoms with Gasteiger partial charge in [-0.3, -0.25) is 19.4 Å². The number of carbonyl (C=O) groups is 3. The van der Waals surface area contributed by atoms with Gasteiger partial charge in [0.1, 0.15) is 17.2 Å². The molecule has 2 atom stereocenters. The highest BCUT2D eigenvalue weighted by atomic mass is 19.3. The second-order valence-electron chi connectivity index (χ2n) is 10.8. The van der Waals surface area contributed by atoms with Crippen LogP contribution in [0.25, 0.3) is 0 Å². The molecule has 1 aromatic carbocycles. The lowest BCUT2D eigenvalue weighted by Crippen LogP contribution is -2.62. The summed E-state index contributed by atoms with van der Waals surface area (Å²) in [5.41, 5.74) is 4.72. The summed E-state index contributed by atoms with van der Waals surface area (Å²) in [6, 6.07) is 12.8. The third-order valence-corrected chi connectivity index (χ3v) is 7.16. The van der Waals surface area contributed by atoms with E-state index in [-0.39, 0.29) is 55.6 Å². The largest absolute Gasteiger partial charge is 0.358 e. The molecule has 1 fully saturated rings. The first kappa shape index (κ1) is 30.8. The van der Waals surface area contributed by atoms with E-state index < -0.39 is 29.3 Å². The number of nitrogens with zero attached hydrogens (tertiary/aromatic N) is 2. The summed E-state index contributed by atoms with van der Waals surface area (Å²) in [6.07, 6.45) is -1.31. The average Bonchev–Trinajstić information content (AvgIpc) is 2.93. The third-order valence-electron chi connectivity index (χ3n) is 7.16. The van der Waals surface area contributed by atoms with Gasteiger partial charge in [0.05, 0.1) is 5.54 Å². The summed E-state index contributed by atoms with van der Waals surface area (Å²) in [5, 5.41) is 14.1. The molecular weight excluding hydrogens is 518 g/mol. The van der Waals surface area contributed by atoms with E-state index >= 15 is 0 Å². The number of piperidine rings is 1. The molecule has 5 N–H and O–H groups in total. The molecule has 0 radical (unpaired) electrons. The van der Waals surface area contributed by atoms with Gasteiger partial charge in [-0.15, -0.1) is 0 Å².